The summed E-state index contributed by atoms with van der Waals surface area (Å²) in [5.74, 6) is 0.884. The van der Waals surface area contributed by atoms with E-state index in [4.69, 9.17) is 0 Å². The second kappa shape index (κ2) is 5.12. The molecule has 2 heteroatoms. The third-order valence-electron chi connectivity index (χ3n) is 2.34. The van der Waals surface area contributed by atoms with Crippen LogP contribution in [0.5, 0.6) is 0 Å². The third-order valence-corrected chi connectivity index (χ3v) is 2.34. The molecule has 2 aromatic rings. The van der Waals surface area contributed by atoms with Crippen molar-refractivity contribution in [1.82, 2.24) is 4.98 Å². The van der Waals surface area contributed by atoms with Crippen molar-refractivity contribution in [2.45, 2.75) is 6.54 Å². The van der Waals surface area contributed by atoms with E-state index in [1.54, 1.807) is 12.3 Å². The molecule has 16 heavy (non-hydrogen) atoms. The van der Waals surface area contributed by atoms with E-state index in [0.29, 0.717) is 0 Å². The average Bonchev–Trinajstić information content (AvgIpc) is 2.38. The summed E-state index contributed by atoms with van der Waals surface area (Å²) in [6, 6.07) is 14.2. The molecular weight excluding hydrogens is 196 g/mol. The van der Waals surface area contributed by atoms with Gasteiger partial charge in [-0.2, -0.15) is 0 Å². The molecule has 0 spiro atoms. The minimum Gasteiger partial charge on any atom is -0.366 e. The highest BCUT2D eigenvalue weighted by molar-refractivity contribution is 5.48. The van der Waals surface area contributed by atoms with E-state index in [0.717, 1.165) is 17.9 Å². The van der Waals surface area contributed by atoms with Crippen LogP contribution in [-0.4, -0.2) is 4.98 Å². The Morgan fingerprint density at radius 2 is 1.94 bits per heavy atom. The molecule has 0 aliphatic carbocycles. The van der Waals surface area contributed by atoms with Gasteiger partial charge in [0.05, 0.1) is 0 Å². The van der Waals surface area contributed by atoms with Crippen LogP contribution in [0.25, 0.3) is 6.08 Å². The maximum absolute atomic E-state index is 4.28. The van der Waals surface area contributed by atoms with Crippen LogP contribution in [0.1, 0.15) is 11.1 Å². The van der Waals surface area contributed by atoms with Gasteiger partial charge in [-0.3, -0.25) is 0 Å². The Bertz CT molecular complexity index is 446. The van der Waals surface area contributed by atoms with Crippen molar-refractivity contribution in [3.05, 3.63) is 66.4 Å². The van der Waals surface area contributed by atoms with Gasteiger partial charge in [0.2, 0.25) is 0 Å². The molecule has 0 aliphatic rings. The molecule has 0 bridgehead atoms. The summed E-state index contributed by atoms with van der Waals surface area (Å²) in [5, 5.41) is 3.27. The number of aromatic nitrogens is 1. The lowest BCUT2D eigenvalue weighted by Crippen LogP contribution is -2.00. The van der Waals surface area contributed by atoms with Crippen LogP contribution >= 0.6 is 0 Å². The van der Waals surface area contributed by atoms with Crippen LogP contribution in [0, 0.1) is 0 Å². The average molecular weight is 210 g/mol. The molecule has 0 radical (unpaired) electrons. The third kappa shape index (κ3) is 2.70. The van der Waals surface area contributed by atoms with Crippen LogP contribution in [0.4, 0.5) is 5.82 Å². The highest BCUT2D eigenvalue weighted by Crippen LogP contribution is 2.08. The Morgan fingerprint density at radius 1 is 1.12 bits per heavy atom. The maximum Gasteiger partial charge on any atom is 0.126 e. The van der Waals surface area contributed by atoms with Crippen LogP contribution in [0.3, 0.4) is 0 Å². The molecular formula is C14H14N2. The molecule has 1 aromatic carbocycles. The van der Waals surface area contributed by atoms with E-state index in [9.17, 15) is 0 Å². The highest BCUT2D eigenvalue weighted by Gasteiger charge is 1.94. The van der Waals surface area contributed by atoms with E-state index in [1.165, 1.54) is 5.56 Å². The number of nitrogens with one attached hydrogen (secondary N) is 1. The summed E-state index contributed by atoms with van der Waals surface area (Å²) in [5.41, 5.74) is 2.28. The van der Waals surface area contributed by atoms with Gasteiger partial charge in [-0.15, -0.1) is 0 Å². The zero-order valence-electron chi connectivity index (χ0n) is 9.06. The SMILES string of the molecule is C=Cc1ccc(NCc2ccccc2)nc1. The molecule has 1 heterocycles. The number of hydrogen-bond donors (Lipinski definition) is 1. The minimum atomic E-state index is 0.793. The Kier molecular flexibility index (Phi) is 3.34. The molecule has 0 atom stereocenters. The fourth-order valence-electron chi connectivity index (χ4n) is 1.42. The topological polar surface area (TPSA) is 24.9 Å². The van der Waals surface area contributed by atoms with Gasteiger partial charge >= 0.3 is 0 Å². The van der Waals surface area contributed by atoms with Crippen molar-refractivity contribution in [1.29, 1.82) is 0 Å². The summed E-state index contributed by atoms with van der Waals surface area (Å²) in [6.45, 7) is 4.49. The van der Waals surface area contributed by atoms with Crippen molar-refractivity contribution in [3.8, 4) is 0 Å². The van der Waals surface area contributed by atoms with Crippen LogP contribution < -0.4 is 5.32 Å². The Hall–Kier alpha value is -2.09. The van der Waals surface area contributed by atoms with Crippen molar-refractivity contribution >= 4 is 11.9 Å². The second-order valence-electron chi connectivity index (χ2n) is 3.52. The standard InChI is InChI=1S/C14H14N2/c1-2-12-8-9-14(15-10-12)16-11-13-6-4-3-5-7-13/h2-10H,1,11H2,(H,15,16). The normalized spacial score (nSPS) is 9.75. The van der Waals surface area contributed by atoms with Gasteiger partial charge in [-0.25, -0.2) is 4.98 Å². The molecule has 0 saturated heterocycles. The maximum atomic E-state index is 4.28. The lowest BCUT2D eigenvalue weighted by Gasteiger charge is -2.05. The van der Waals surface area contributed by atoms with Crippen LogP contribution in [0.15, 0.2) is 55.2 Å². The monoisotopic (exact) mass is 210 g/mol. The molecule has 2 rings (SSSR count). The van der Waals surface area contributed by atoms with Crippen LogP contribution in [0.2, 0.25) is 0 Å². The molecule has 0 unspecified atom stereocenters. The Balaban J connectivity index is 1.97. The van der Waals surface area contributed by atoms with Gasteiger partial charge < -0.3 is 5.32 Å². The van der Waals surface area contributed by atoms with Crippen molar-refractivity contribution in [3.63, 3.8) is 0 Å². The lowest BCUT2D eigenvalue weighted by atomic mass is 10.2. The molecule has 1 aromatic heterocycles. The number of hydrogen-bond acceptors (Lipinski definition) is 2. The van der Waals surface area contributed by atoms with Crippen molar-refractivity contribution in [2.24, 2.45) is 0 Å². The molecule has 0 aliphatic heterocycles. The number of pyridine rings is 1. The van der Waals surface area contributed by atoms with Gasteiger partial charge in [0.1, 0.15) is 5.82 Å². The van der Waals surface area contributed by atoms with E-state index in [-0.39, 0.29) is 0 Å². The van der Waals surface area contributed by atoms with Crippen molar-refractivity contribution in [2.75, 3.05) is 5.32 Å². The molecule has 0 amide bonds. The number of anilines is 1. The zero-order valence-corrected chi connectivity index (χ0v) is 9.06. The number of benzene rings is 1. The van der Waals surface area contributed by atoms with Gasteiger partial charge in [-0.05, 0) is 23.3 Å². The molecule has 80 valence electrons. The fourth-order valence-corrected chi connectivity index (χ4v) is 1.42. The first-order valence-electron chi connectivity index (χ1n) is 5.25. The first-order valence-corrected chi connectivity index (χ1v) is 5.25. The first-order chi connectivity index (χ1) is 7.88. The molecule has 1 N–H and O–H groups in total. The molecule has 0 fully saturated rings. The van der Waals surface area contributed by atoms with E-state index in [2.05, 4.69) is 29.0 Å². The summed E-state index contributed by atoms with van der Waals surface area (Å²) in [6.07, 6.45) is 3.59. The fraction of sp³-hybridized carbons (Fsp3) is 0.0714. The van der Waals surface area contributed by atoms with E-state index < -0.39 is 0 Å². The first kappa shape index (κ1) is 10.4. The number of rotatable bonds is 4. The predicted molar refractivity (Wildman–Crippen MR) is 68.1 cm³/mol. The summed E-state index contributed by atoms with van der Waals surface area (Å²) in [7, 11) is 0. The molecule has 0 saturated carbocycles. The lowest BCUT2D eigenvalue weighted by molar-refractivity contribution is 1.11. The van der Waals surface area contributed by atoms with Gasteiger partial charge in [0.15, 0.2) is 0 Å². The largest absolute Gasteiger partial charge is 0.366 e. The van der Waals surface area contributed by atoms with Gasteiger partial charge in [0, 0.05) is 12.7 Å². The quantitative estimate of drug-likeness (QED) is 0.837. The second-order valence-corrected chi connectivity index (χ2v) is 3.52. The van der Waals surface area contributed by atoms with E-state index in [1.807, 2.05) is 30.3 Å². The smallest absolute Gasteiger partial charge is 0.126 e. The van der Waals surface area contributed by atoms with Crippen molar-refractivity contribution < 1.29 is 0 Å². The minimum absolute atomic E-state index is 0.793. The molecule has 2 nitrogen and oxygen atoms in total. The summed E-state index contributed by atoms with van der Waals surface area (Å²) < 4.78 is 0. The summed E-state index contributed by atoms with van der Waals surface area (Å²) >= 11 is 0. The van der Waals surface area contributed by atoms with Gasteiger partial charge in [0.25, 0.3) is 0 Å². The highest BCUT2D eigenvalue weighted by atomic mass is 15.0. The van der Waals surface area contributed by atoms with Gasteiger partial charge in [-0.1, -0.05) is 43.0 Å². The Labute approximate surface area is 95.7 Å². The predicted octanol–water partition coefficient (Wildman–Crippen LogP) is 3.34. The Morgan fingerprint density at radius 3 is 2.56 bits per heavy atom. The van der Waals surface area contributed by atoms with E-state index >= 15 is 0 Å². The zero-order chi connectivity index (χ0) is 11.2. The van der Waals surface area contributed by atoms with Crippen LogP contribution in [-0.2, 0) is 6.54 Å². The number of nitrogens with zero attached hydrogens (tertiary/aromatic N) is 1. The summed E-state index contributed by atoms with van der Waals surface area (Å²) in [4.78, 5) is 4.28.